The summed E-state index contributed by atoms with van der Waals surface area (Å²) in [6, 6.07) is 7.07. The molecular weight excluding hydrogens is 375 g/mol. The lowest BCUT2D eigenvalue weighted by molar-refractivity contribution is 0.261. The first-order valence-corrected chi connectivity index (χ1v) is 6.27. The summed E-state index contributed by atoms with van der Waals surface area (Å²) in [6.45, 7) is -0.187. The Morgan fingerprint density at radius 3 is 1.95 bits per heavy atom. The zero-order valence-electron chi connectivity index (χ0n) is 9.39. The molecule has 0 amide bonds. The maximum Gasteiger partial charge on any atom is 0.203 e. The molecule has 0 aliphatic heterocycles. The van der Waals surface area contributed by atoms with Crippen molar-refractivity contribution in [2.75, 3.05) is 0 Å². The minimum Gasteiger partial charge on any atom is -0.483 e. The number of hydrogen-bond donors (Lipinski definition) is 0. The second-order valence-electron chi connectivity index (χ2n) is 3.71. The maximum absolute atomic E-state index is 13.3. The number of benzene rings is 2. The fourth-order valence-corrected chi connectivity index (χ4v) is 1.77. The Bertz CT molecular complexity index is 572. The fraction of sp³-hybridized carbons (Fsp3) is 0.0769. The summed E-state index contributed by atoms with van der Waals surface area (Å²) in [5.74, 6) is -7.10. The van der Waals surface area contributed by atoms with Gasteiger partial charge in [-0.25, -0.2) is 8.78 Å². The molecule has 0 aliphatic carbocycles. The van der Waals surface area contributed by atoms with E-state index in [2.05, 4.69) is 22.6 Å². The second-order valence-corrected chi connectivity index (χ2v) is 4.96. The van der Waals surface area contributed by atoms with E-state index < -0.39 is 29.0 Å². The molecular formula is C13H7F4IO. The first-order chi connectivity index (χ1) is 8.99. The van der Waals surface area contributed by atoms with Crippen LogP contribution in [0.1, 0.15) is 5.56 Å². The van der Waals surface area contributed by atoms with E-state index in [4.69, 9.17) is 4.74 Å². The monoisotopic (exact) mass is 382 g/mol. The smallest absolute Gasteiger partial charge is 0.203 e. The van der Waals surface area contributed by atoms with Crippen molar-refractivity contribution in [3.8, 4) is 5.75 Å². The minimum absolute atomic E-state index is 0.141. The zero-order chi connectivity index (χ0) is 14.0. The van der Waals surface area contributed by atoms with Gasteiger partial charge in [-0.15, -0.1) is 0 Å². The molecule has 2 rings (SSSR count). The van der Waals surface area contributed by atoms with Gasteiger partial charge >= 0.3 is 0 Å². The molecule has 0 spiro atoms. The number of ether oxygens (including phenoxy) is 1. The van der Waals surface area contributed by atoms with Crippen LogP contribution in [-0.2, 0) is 6.61 Å². The molecule has 0 aliphatic rings. The average Bonchev–Trinajstić information content (AvgIpc) is 2.38. The third kappa shape index (κ3) is 3.17. The van der Waals surface area contributed by atoms with E-state index >= 15 is 0 Å². The molecule has 1 nitrogen and oxygen atoms in total. The molecule has 0 aromatic heterocycles. The molecule has 100 valence electrons. The van der Waals surface area contributed by atoms with Crippen LogP contribution in [0, 0.1) is 26.8 Å². The van der Waals surface area contributed by atoms with Crippen LogP contribution in [0.5, 0.6) is 5.75 Å². The van der Waals surface area contributed by atoms with Gasteiger partial charge in [0.25, 0.3) is 0 Å². The van der Waals surface area contributed by atoms with Gasteiger partial charge < -0.3 is 4.74 Å². The fourth-order valence-electron chi connectivity index (χ4n) is 1.41. The van der Waals surface area contributed by atoms with Gasteiger partial charge in [-0.2, -0.15) is 8.78 Å². The van der Waals surface area contributed by atoms with Gasteiger partial charge in [0.1, 0.15) is 6.61 Å². The van der Waals surface area contributed by atoms with Crippen LogP contribution in [0.4, 0.5) is 17.6 Å². The van der Waals surface area contributed by atoms with Gasteiger partial charge in [0, 0.05) is 9.64 Å². The standard InChI is InChI=1S/C13H7F4IO/c14-9-5-10(15)12(17)13(11(9)16)19-6-7-1-3-8(18)4-2-7/h1-5H,6H2. The van der Waals surface area contributed by atoms with Crippen molar-refractivity contribution in [3.05, 3.63) is 62.7 Å². The molecule has 2 aromatic rings. The quantitative estimate of drug-likeness (QED) is 0.434. The van der Waals surface area contributed by atoms with Gasteiger partial charge in [0.15, 0.2) is 17.4 Å². The third-order valence-corrected chi connectivity index (χ3v) is 3.09. The van der Waals surface area contributed by atoms with Crippen LogP contribution in [0.25, 0.3) is 0 Å². The van der Waals surface area contributed by atoms with E-state index in [9.17, 15) is 17.6 Å². The molecule has 0 radical (unpaired) electrons. The Balaban J connectivity index is 2.22. The Morgan fingerprint density at radius 1 is 0.895 bits per heavy atom. The molecule has 0 fully saturated rings. The maximum atomic E-state index is 13.3. The lowest BCUT2D eigenvalue weighted by atomic mass is 10.2. The number of hydrogen-bond acceptors (Lipinski definition) is 1. The van der Waals surface area contributed by atoms with Crippen LogP contribution in [0.3, 0.4) is 0 Å². The largest absolute Gasteiger partial charge is 0.483 e. The summed E-state index contributed by atoms with van der Waals surface area (Å²) < 4.78 is 58.3. The lowest BCUT2D eigenvalue weighted by Crippen LogP contribution is -2.03. The summed E-state index contributed by atoms with van der Waals surface area (Å²) >= 11 is 2.10. The second kappa shape index (κ2) is 5.77. The summed E-state index contributed by atoms with van der Waals surface area (Å²) in [4.78, 5) is 0. The van der Waals surface area contributed by atoms with Gasteiger partial charge in [0.05, 0.1) is 0 Å². The highest BCUT2D eigenvalue weighted by atomic mass is 127. The minimum atomic E-state index is -1.54. The highest BCUT2D eigenvalue weighted by Crippen LogP contribution is 2.27. The zero-order valence-corrected chi connectivity index (χ0v) is 11.5. The van der Waals surface area contributed by atoms with Crippen molar-refractivity contribution in [1.29, 1.82) is 0 Å². The summed E-state index contributed by atoms with van der Waals surface area (Å²) in [5.41, 5.74) is 0.629. The Kier molecular flexibility index (Phi) is 4.28. The number of halogens is 5. The van der Waals surface area contributed by atoms with Crippen molar-refractivity contribution < 1.29 is 22.3 Å². The van der Waals surface area contributed by atoms with E-state index in [1.54, 1.807) is 24.3 Å². The first kappa shape index (κ1) is 14.1. The molecule has 0 saturated carbocycles. The Hall–Kier alpha value is -1.31. The third-order valence-electron chi connectivity index (χ3n) is 2.37. The average molecular weight is 382 g/mol. The van der Waals surface area contributed by atoms with E-state index in [1.807, 2.05) is 0 Å². The van der Waals surface area contributed by atoms with Crippen LogP contribution >= 0.6 is 22.6 Å². The molecule has 0 unspecified atom stereocenters. The van der Waals surface area contributed by atoms with E-state index in [0.717, 1.165) is 3.57 Å². The van der Waals surface area contributed by atoms with Crippen molar-refractivity contribution >= 4 is 22.6 Å². The van der Waals surface area contributed by atoms with Crippen LogP contribution in [-0.4, -0.2) is 0 Å². The predicted octanol–water partition coefficient (Wildman–Crippen LogP) is 4.43. The molecule has 2 aromatic carbocycles. The molecule has 0 bridgehead atoms. The van der Waals surface area contributed by atoms with Gasteiger partial charge in [-0.1, -0.05) is 12.1 Å². The van der Waals surface area contributed by atoms with Crippen LogP contribution in [0.2, 0.25) is 0 Å². The molecule has 19 heavy (non-hydrogen) atoms. The molecule has 0 atom stereocenters. The van der Waals surface area contributed by atoms with Gasteiger partial charge in [0.2, 0.25) is 11.6 Å². The van der Waals surface area contributed by atoms with E-state index in [0.29, 0.717) is 5.56 Å². The van der Waals surface area contributed by atoms with E-state index in [-0.39, 0.29) is 12.7 Å². The van der Waals surface area contributed by atoms with Crippen molar-refractivity contribution in [3.63, 3.8) is 0 Å². The normalized spacial score (nSPS) is 10.6. The van der Waals surface area contributed by atoms with E-state index in [1.165, 1.54) is 0 Å². The van der Waals surface area contributed by atoms with Crippen molar-refractivity contribution in [2.24, 2.45) is 0 Å². The van der Waals surface area contributed by atoms with Crippen LogP contribution in [0.15, 0.2) is 30.3 Å². The van der Waals surface area contributed by atoms with Crippen molar-refractivity contribution in [2.45, 2.75) is 6.61 Å². The predicted molar refractivity (Wildman–Crippen MR) is 69.8 cm³/mol. The van der Waals surface area contributed by atoms with Gasteiger partial charge in [-0.05, 0) is 40.3 Å². The Labute approximate surface area is 120 Å². The SMILES string of the molecule is Fc1cc(F)c(F)c(OCc2ccc(I)cc2)c1F. The highest BCUT2D eigenvalue weighted by Gasteiger charge is 2.20. The molecule has 0 heterocycles. The highest BCUT2D eigenvalue weighted by molar-refractivity contribution is 14.1. The summed E-state index contributed by atoms with van der Waals surface area (Å²) in [7, 11) is 0. The lowest BCUT2D eigenvalue weighted by Gasteiger charge is -2.09. The molecule has 0 saturated heterocycles. The number of rotatable bonds is 3. The Morgan fingerprint density at radius 2 is 1.42 bits per heavy atom. The van der Waals surface area contributed by atoms with Crippen molar-refractivity contribution in [1.82, 2.24) is 0 Å². The van der Waals surface area contributed by atoms with Gasteiger partial charge in [-0.3, -0.25) is 0 Å². The topological polar surface area (TPSA) is 9.23 Å². The first-order valence-electron chi connectivity index (χ1n) is 5.19. The van der Waals surface area contributed by atoms with Crippen LogP contribution < -0.4 is 4.74 Å². The molecule has 6 heteroatoms. The summed E-state index contributed by atoms with van der Waals surface area (Å²) in [5, 5.41) is 0. The summed E-state index contributed by atoms with van der Waals surface area (Å²) in [6.07, 6.45) is 0. The molecule has 0 N–H and O–H groups in total.